The Labute approximate surface area is 190 Å². The van der Waals surface area contributed by atoms with Gasteiger partial charge in [-0.2, -0.15) is 0 Å². The van der Waals surface area contributed by atoms with Crippen LogP contribution < -0.4 is 4.74 Å². The third-order valence-electron chi connectivity index (χ3n) is 5.68. The van der Waals surface area contributed by atoms with Gasteiger partial charge in [0.15, 0.2) is 0 Å². The zero-order valence-corrected chi connectivity index (χ0v) is 19.0. The molecule has 2 aromatic heterocycles. The number of hydrogen-bond acceptors (Lipinski definition) is 6. The van der Waals surface area contributed by atoms with Gasteiger partial charge in [0.2, 0.25) is 5.76 Å². The van der Waals surface area contributed by atoms with Gasteiger partial charge in [0.05, 0.1) is 13.2 Å². The summed E-state index contributed by atoms with van der Waals surface area (Å²) >= 11 is 0. The molecule has 0 saturated carbocycles. The van der Waals surface area contributed by atoms with E-state index >= 15 is 0 Å². The zero-order valence-electron chi connectivity index (χ0n) is 19.0. The van der Waals surface area contributed by atoms with Crippen LogP contribution in [0.5, 0.6) is 5.75 Å². The van der Waals surface area contributed by atoms with E-state index < -0.39 is 0 Å². The normalized spacial score (nSPS) is 14.8. The largest absolute Gasteiger partial charge is 0.494 e. The molecule has 1 aromatic carbocycles. The van der Waals surface area contributed by atoms with Crippen LogP contribution in [0, 0.1) is 11.8 Å². The van der Waals surface area contributed by atoms with Crippen LogP contribution >= 0.6 is 0 Å². The van der Waals surface area contributed by atoms with E-state index in [9.17, 15) is 0 Å². The molecule has 0 bridgehead atoms. The molecular formula is C25H31N5O2. The summed E-state index contributed by atoms with van der Waals surface area (Å²) in [5, 5.41) is 4.12. The number of ether oxygens (including phenoxy) is 1. The van der Waals surface area contributed by atoms with E-state index in [0.717, 1.165) is 75.0 Å². The molecule has 0 radical (unpaired) electrons. The highest BCUT2D eigenvalue weighted by Crippen LogP contribution is 2.13. The van der Waals surface area contributed by atoms with Gasteiger partial charge in [-0.1, -0.05) is 18.0 Å². The lowest BCUT2D eigenvalue weighted by Crippen LogP contribution is -2.44. The Morgan fingerprint density at radius 3 is 2.69 bits per heavy atom. The number of hydrogen-bond donors (Lipinski definition) is 0. The summed E-state index contributed by atoms with van der Waals surface area (Å²) in [5.74, 6) is 8.64. The second kappa shape index (κ2) is 11.0. The molecule has 0 atom stereocenters. The van der Waals surface area contributed by atoms with Crippen LogP contribution in [0.4, 0.5) is 0 Å². The lowest BCUT2D eigenvalue weighted by molar-refractivity contribution is 0.145. The van der Waals surface area contributed by atoms with Gasteiger partial charge < -0.3 is 23.6 Å². The number of imidazole rings is 1. The molecule has 3 aromatic rings. The molecule has 168 valence electrons. The van der Waals surface area contributed by atoms with Crippen molar-refractivity contribution in [1.29, 1.82) is 0 Å². The Kier molecular flexibility index (Phi) is 7.59. The summed E-state index contributed by atoms with van der Waals surface area (Å²) in [5.41, 5.74) is 1.75. The van der Waals surface area contributed by atoms with E-state index in [1.165, 1.54) is 0 Å². The fourth-order valence-corrected chi connectivity index (χ4v) is 3.74. The molecule has 1 saturated heterocycles. The third-order valence-corrected chi connectivity index (χ3v) is 5.68. The van der Waals surface area contributed by atoms with Crippen LogP contribution in [0.15, 0.2) is 47.2 Å². The second-order valence-electron chi connectivity index (χ2n) is 8.13. The van der Waals surface area contributed by atoms with Gasteiger partial charge in [-0.15, -0.1) is 0 Å². The van der Waals surface area contributed by atoms with E-state index in [1.54, 1.807) is 6.20 Å². The molecule has 3 heterocycles. The first-order valence-corrected chi connectivity index (χ1v) is 11.3. The minimum Gasteiger partial charge on any atom is -0.494 e. The van der Waals surface area contributed by atoms with Gasteiger partial charge >= 0.3 is 0 Å². The highest BCUT2D eigenvalue weighted by atomic mass is 16.5. The SMILES string of the molecule is CCc1nccn1Cc1cc(C#Cc2ccc(OCCCN3CCN(C)CC3)cc2)on1. The minimum atomic E-state index is 0.558. The summed E-state index contributed by atoms with van der Waals surface area (Å²) < 4.78 is 13.3. The van der Waals surface area contributed by atoms with Crippen LogP contribution in [0.25, 0.3) is 0 Å². The van der Waals surface area contributed by atoms with Gasteiger partial charge in [-0.25, -0.2) is 4.98 Å². The maximum absolute atomic E-state index is 5.89. The molecule has 4 rings (SSSR count). The Morgan fingerprint density at radius 1 is 1.09 bits per heavy atom. The number of aryl methyl sites for hydroxylation is 1. The highest BCUT2D eigenvalue weighted by Gasteiger charge is 2.12. The summed E-state index contributed by atoms with van der Waals surface area (Å²) in [7, 11) is 2.18. The average molecular weight is 434 g/mol. The number of aromatic nitrogens is 3. The van der Waals surface area contributed by atoms with E-state index in [2.05, 4.69) is 50.3 Å². The highest BCUT2D eigenvalue weighted by molar-refractivity contribution is 5.41. The maximum Gasteiger partial charge on any atom is 0.210 e. The predicted molar refractivity (Wildman–Crippen MR) is 124 cm³/mol. The molecule has 0 spiro atoms. The summed E-state index contributed by atoms with van der Waals surface area (Å²) in [6.45, 7) is 9.16. The van der Waals surface area contributed by atoms with Crippen molar-refractivity contribution in [2.45, 2.75) is 26.3 Å². The van der Waals surface area contributed by atoms with Crippen LogP contribution in [-0.2, 0) is 13.0 Å². The Balaban J connectivity index is 1.22. The first kappa shape index (κ1) is 22.1. The maximum atomic E-state index is 5.89. The zero-order chi connectivity index (χ0) is 22.2. The van der Waals surface area contributed by atoms with Gasteiger partial charge in [-0.05, 0) is 43.7 Å². The molecular weight excluding hydrogens is 402 g/mol. The quantitative estimate of drug-likeness (QED) is 0.402. The molecule has 1 fully saturated rings. The fourth-order valence-electron chi connectivity index (χ4n) is 3.74. The number of nitrogens with zero attached hydrogens (tertiary/aromatic N) is 5. The lowest BCUT2D eigenvalue weighted by atomic mass is 10.2. The van der Waals surface area contributed by atoms with Crippen molar-refractivity contribution in [3.63, 3.8) is 0 Å². The Hall–Kier alpha value is -3.08. The first-order chi connectivity index (χ1) is 15.7. The monoisotopic (exact) mass is 433 g/mol. The van der Waals surface area contributed by atoms with Crippen molar-refractivity contribution in [2.75, 3.05) is 46.4 Å². The lowest BCUT2D eigenvalue weighted by Gasteiger charge is -2.32. The molecule has 0 unspecified atom stereocenters. The van der Waals surface area contributed by atoms with Gasteiger partial charge in [0.1, 0.15) is 17.3 Å². The topological polar surface area (TPSA) is 59.6 Å². The second-order valence-corrected chi connectivity index (χ2v) is 8.13. The van der Waals surface area contributed by atoms with Crippen LogP contribution in [-0.4, -0.2) is 70.9 Å². The van der Waals surface area contributed by atoms with Crippen molar-refractivity contribution in [2.24, 2.45) is 0 Å². The summed E-state index contributed by atoms with van der Waals surface area (Å²) in [6.07, 6.45) is 5.68. The van der Waals surface area contributed by atoms with Crippen LogP contribution in [0.3, 0.4) is 0 Å². The smallest absolute Gasteiger partial charge is 0.210 e. The van der Waals surface area contributed by atoms with Crippen molar-refractivity contribution < 1.29 is 9.26 Å². The van der Waals surface area contributed by atoms with Gasteiger partial charge in [0.25, 0.3) is 0 Å². The van der Waals surface area contributed by atoms with Gasteiger partial charge in [-0.3, -0.25) is 0 Å². The Morgan fingerprint density at radius 2 is 1.91 bits per heavy atom. The summed E-state index contributed by atoms with van der Waals surface area (Å²) in [4.78, 5) is 9.22. The third kappa shape index (κ3) is 6.22. The Bertz CT molecular complexity index is 1040. The first-order valence-electron chi connectivity index (χ1n) is 11.3. The number of likely N-dealkylation sites (N-methyl/N-ethyl adjacent to an activating group) is 1. The van der Waals surface area contributed by atoms with E-state index in [4.69, 9.17) is 9.26 Å². The van der Waals surface area contributed by atoms with E-state index in [0.29, 0.717) is 12.3 Å². The average Bonchev–Trinajstić information content (AvgIpc) is 3.46. The van der Waals surface area contributed by atoms with Crippen molar-refractivity contribution in [1.82, 2.24) is 24.5 Å². The molecule has 7 heteroatoms. The molecule has 0 N–H and O–H groups in total. The van der Waals surface area contributed by atoms with Crippen molar-refractivity contribution in [3.8, 4) is 17.6 Å². The minimum absolute atomic E-state index is 0.558. The molecule has 1 aliphatic rings. The standard InChI is InChI=1S/C25H31N5O2/c1-3-25-26-11-13-30(25)20-22-19-24(32-27-22)10-7-21-5-8-23(9-6-21)31-18-4-12-29-16-14-28(2)15-17-29/h5-6,8-9,11,13,19H,3-4,12,14-18,20H2,1-2H3. The molecule has 32 heavy (non-hydrogen) atoms. The molecule has 7 nitrogen and oxygen atoms in total. The number of piperazine rings is 1. The van der Waals surface area contributed by atoms with E-state index in [1.807, 2.05) is 36.5 Å². The molecule has 0 amide bonds. The molecule has 1 aliphatic heterocycles. The molecule has 0 aliphatic carbocycles. The number of rotatable bonds is 8. The summed E-state index contributed by atoms with van der Waals surface area (Å²) in [6, 6.07) is 9.76. The predicted octanol–water partition coefficient (Wildman–Crippen LogP) is 2.90. The fraction of sp³-hybridized carbons (Fsp3) is 0.440. The van der Waals surface area contributed by atoms with Crippen molar-refractivity contribution >= 4 is 0 Å². The van der Waals surface area contributed by atoms with Gasteiger partial charge in [0, 0.05) is 63.2 Å². The van der Waals surface area contributed by atoms with Crippen molar-refractivity contribution in [3.05, 3.63) is 65.6 Å². The van der Waals surface area contributed by atoms with Crippen LogP contribution in [0.2, 0.25) is 0 Å². The number of benzene rings is 1. The van der Waals surface area contributed by atoms with E-state index in [-0.39, 0.29) is 0 Å². The van der Waals surface area contributed by atoms with Crippen LogP contribution in [0.1, 0.15) is 36.2 Å².